The van der Waals surface area contributed by atoms with Crippen LogP contribution in [-0.2, 0) is 14.3 Å². The van der Waals surface area contributed by atoms with E-state index in [1.54, 1.807) is 19.1 Å². The monoisotopic (exact) mass is 300 g/mol. The molecule has 3 unspecified atom stereocenters. The van der Waals surface area contributed by atoms with Crippen molar-refractivity contribution in [2.24, 2.45) is 17.6 Å². The first-order valence-electron chi connectivity index (χ1n) is 7.81. The largest absolute Gasteiger partial charge is 0.379 e. The van der Waals surface area contributed by atoms with Crippen LogP contribution in [0, 0.1) is 11.8 Å². The molecule has 124 valence electrons. The molecule has 0 saturated heterocycles. The lowest BCUT2D eigenvalue weighted by molar-refractivity contribution is -0.139. The summed E-state index contributed by atoms with van der Waals surface area (Å²) in [4.78, 5) is 25.3. The summed E-state index contributed by atoms with van der Waals surface area (Å²) in [6, 6.07) is -0.132. The van der Waals surface area contributed by atoms with Crippen molar-refractivity contribution in [3.8, 4) is 0 Å². The zero-order valence-electron chi connectivity index (χ0n) is 14.4. The Morgan fingerprint density at radius 2 is 1.81 bits per heavy atom. The molecule has 0 heterocycles. The Bertz CT molecular complexity index is 331. The van der Waals surface area contributed by atoms with Gasteiger partial charge in [-0.05, 0) is 18.3 Å². The molecule has 0 aromatic rings. The normalized spacial score (nSPS) is 15.6. The molecule has 3 atom stereocenters. The van der Waals surface area contributed by atoms with Gasteiger partial charge in [-0.3, -0.25) is 9.59 Å². The second kappa shape index (κ2) is 9.77. The molecule has 0 aliphatic carbocycles. The van der Waals surface area contributed by atoms with Crippen molar-refractivity contribution in [3.63, 3.8) is 0 Å². The quantitative estimate of drug-likeness (QED) is 0.672. The minimum Gasteiger partial charge on any atom is -0.379 e. The molecule has 0 spiro atoms. The van der Waals surface area contributed by atoms with Gasteiger partial charge in [0.1, 0.15) is 0 Å². The molecule has 2 N–H and O–H groups in total. The predicted molar refractivity (Wildman–Crippen MR) is 84.7 cm³/mol. The van der Waals surface area contributed by atoms with Crippen molar-refractivity contribution < 1.29 is 14.3 Å². The van der Waals surface area contributed by atoms with Crippen molar-refractivity contribution in [2.45, 2.75) is 65.5 Å². The number of amides is 2. The molecule has 0 fully saturated rings. The molecular formula is C16H32N2O3. The summed E-state index contributed by atoms with van der Waals surface area (Å²) >= 11 is 0. The molecule has 0 bridgehead atoms. The molecule has 0 rings (SSSR count). The molecule has 0 aliphatic heterocycles. The zero-order chi connectivity index (χ0) is 16.6. The van der Waals surface area contributed by atoms with E-state index in [1.165, 1.54) is 0 Å². The van der Waals surface area contributed by atoms with Crippen molar-refractivity contribution in [3.05, 3.63) is 0 Å². The van der Waals surface area contributed by atoms with Crippen LogP contribution in [0.1, 0.15) is 53.4 Å². The smallest absolute Gasteiger partial charge is 0.222 e. The highest BCUT2D eigenvalue weighted by Gasteiger charge is 2.33. The summed E-state index contributed by atoms with van der Waals surface area (Å²) in [7, 11) is 3.36. The van der Waals surface area contributed by atoms with Crippen LogP contribution in [0.5, 0.6) is 0 Å². The van der Waals surface area contributed by atoms with Crippen LogP contribution in [0.15, 0.2) is 0 Å². The van der Waals surface area contributed by atoms with Gasteiger partial charge in [0.2, 0.25) is 11.8 Å². The van der Waals surface area contributed by atoms with Gasteiger partial charge in [-0.25, -0.2) is 0 Å². The molecule has 5 heteroatoms. The zero-order valence-corrected chi connectivity index (χ0v) is 14.4. The summed E-state index contributed by atoms with van der Waals surface area (Å²) in [5.74, 6) is 0.425. The van der Waals surface area contributed by atoms with Gasteiger partial charge in [-0.15, -0.1) is 0 Å². The Balaban J connectivity index is 5.02. The average molecular weight is 300 g/mol. The highest BCUT2D eigenvalue weighted by molar-refractivity contribution is 5.77. The summed E-state index contributed by atoms with van der Waals surface area (Å²) < 4.78 is 5.45. The van der Waals surface area contributed by atoms with Gasteiger partial charge in [0.15, 0.2) is 0 Å². The molecular weight excluding hydrogens is 268 g/mol. The Morgan fingerprint density at radius 3 is 2.19 bits per heavy atom. The molecule has 0 aliphatic rings. The van der Waals surface area contributed by atoms with Crippen molar-refractivity contribution >= 4 is 11.8 Å². The maximum atomic E-state index is 12.4. The van der Waals surface area contributed by atoms with E-state index in [0.29, 0.717) is 12.3 Å². The van der Waals surface area contributed by atoms with E-state index < -0.39 is 5.91 Å². The number of carbonyl (C=O) groups is 2. The van der Waals surface area contributed by atoms with E-state index in [4.69, 9.17) is 10.5 Å². The van der Waals surface area contributed by atoms with Crippen LogP contribution in [0.2, 0.25) is 0 Å². The van der Waals surface area contributed by atoms with Gasteiger partial charge in [0, 0.05) is 20.6 Å². The van der Waals surface area contributed by atoms with E-state index in [0.717, 1.165) is 12.8 Å². The standard InChI is InChI=1S/C16H32N2O3/c1-7-12(4)16(13(21-6)10-14(17)19)18(5)15(20)9-8-11(2)3/h11-13,16H,7-10H2,1-6H3,(H2,17,19). The number of likely N-dealkylation sites (N-methyl/N-ethyl adjacent to an activating group) is 1. The minimum atomic E-state index is -0.404. The Labute approximate surface area is 129 Å². The van der Waals surface area contributed by atoms with Crippen LogP contribution < -0.4 is 5.73 Å². The number of ether oxygens (including phenoxy) is 1. The van der Waals surface area contributed by atoms with E-state index in [9.17, 15) is 9.59 Å². The molecule has 21 heavy (non-hydrogen) atoms. The van der Waals surface area contributed by atoms with Gasteiger partial charge < -0.3 is 15.4 Å². The lowest BCUT2D eigenvalue weighted by Crippen LogP contribution is -2.50. The van der Waals surface area contributed by atoms with E-state index in [2.05, 4.69) is 27.7 Å². The number of hydrogen-bond acceptors (Lipinski definition) is 3. The SMILES string of the molecule is CCC(C)C(C(CC(N)=O)OC)N(C)C(=O)CCC(C)C. The fourth-order valence-electron chi connectivity index (χ4n) is 2.54. The molecule has 0 saturated carbocycles. The number of nitrogens with zero attached hydrogens (tertiary/aromatic N) is 1. The fraction of sp³-hybridized carbons (Fsp3) is 0.875. The van der Waals surface area contributed by atoms with Crippen LogP contribution in [0.4, 0.5) is 0 Å². The number of hydrogen-bond donors (Lipinski definition) is 1. The maximum absolute atomic E-state index is 12.4. The third kappa shape index (κ3) is 6.93. The maximum Gasteiger partial charge on any atom is 0.222 e. The van der Waals surface area contributed by atoms with Crippen molar-refractivity contribution in [1.82, 2.24) is 4.90 Å². The van der Waals surface area contributed by atoms with Gasteiger partial charge >= 0.3 is 0 Å². The third-order valence-electron chi connectivity index (χ3n) is 4.09. The van der Waals surface area contributed by atoms with Crippen LogP contribution in [-0.4, -0.2) is 43.0 Å². The highest BCUT2D eigenvalue weighted by atomic mass is 16.5. The van der Waals surface area contributed by atoms with Gasteiger partial charge in [0.25, 0.3) is 0 Å². The van der Waals surface area contributed by atoms with E-state index >= 15 is 0 Å². The Hall–Kier alpha value is -1.10. The molecule has 2 amide bonds. The van der Waals surface area contributed by atoms with Crippen LogP contribution in [0.25, 0.3) is 0 Å². The summed E-state index contributed by atoms with van der Waals surface area (Å²) in [5.41, 5.74) is 5.30. The number of methoxy groups -OCH3 is 1. The number of nitrogens with two attached hydrogens (primary N) is 1. The molecule has 0 aromatic heterocycles. The van der Waals surface area contributed by atoms with Crippen LogP contribution in [0.3, 0.4) is 0 Å². The Morgan fingerprint density at radius 1 is 1.24 bits per heavy atom. The first kappa shape index (κ1) is 19.9. The summed E-state index contributed by atoms with van der Waals surface area (Å²) in [6.07, 6.45) is 2.07. The first-order chi connectivity index (χ1) is 9.74. The second-order valence-electron chi connectivity index (χ2n) is 6.26. The topological polar surface area (TPSA) is 72.6 Å². The van der Waals surface area contributed by atoms with Gasteiger partial charge in [0.05, 0.1) is 18.6 Å². The van der Waals surface area contributed by atoms with Crippen molar-refractivity contribution in [2.75, 3.05) is 14.2 Å². The van der Waals surface area contributed by atoms with Crippen LogP contribution >= 0.6 is 0 Å². The number of carbonyl (C=O) groups excluding carboxylic acids is 2. The molecule has 0 radical (unpaired) electrons. The molecule has 0 aromatic carbocycles. The van der Waals surface area contributed by atoms with Gasteiger partial charge in [-0.2, -0.15) is 0 Å². The molecule has 5 nitrogen and oxygen atoms in total. The fourth-order valence-corrected chi connectivity index (χ4v) is 2.54. The third-order valence-corrected chi connectivity index (χ3v) is 4.09. The average Bonchev–Trinajstić information content (AvgIpc) is 2.42. The second-order valence-corrected chi connectivity index (χ2v) is 6.26. The Kier molecular flexibility index (Phi) is 9.26. The predicted octanol–water partition coefficient (Wildman–Crippen LogP) is 2.19. The van der Waals surface area contributed by atoms with E-state index in [1.807, 2.05) is 0 Å². The summed E-state index contributed by atoms with van der Waals surface area (Å²) in [5, 5.41) is 0. The summed E-state index contributed by atoms with van der Waals surface area (Å²) in [6.45, 7) is 8.35. The van der Waals surface area contributed by atoms with E-state index in [-0.39, 0.29) is 30.4 Å². The minimum absolute atomic E-state index is 0.0977. The van der Waals surface area contributed by atoms with Gasteiger partial charge in [-0.1, -0.05) is 34.1 Å². The highest BCUT2D eigenvalue weighted by Crippen LogP contribution is 2.22. The number of primary amides is 1. The lowest BCUT2D eigenvalue weighted by Gasteiger charge is -2.37. The number of rotatable bonds is 10. The lowest BCUT2D eigenvalue weighted by atomic mass is 9.90. The first-order valence-corrected chi connectivity index (χ1v) is 7.81. The van der Waals surface area contributed by atoms with Crippen molar-refractivity contribution in [1.29, 1.82) is 0 Å².